The molecule has 6 heteroatoms. The molecule has 0 spiro atoms. The van der Waals surface area contributed by atoms with Crippen molar-refractivity contribution in [3.63, 3.8) is 0 Å². The fraction of sp³-hybridized carbons (Fsp3) is 0.200. The molecule has 0 aliphatic rings. The van der Waals surface area contributed by atoms with Crippen molar-refractivity contribution < 1.29 is 28.2 Å². The van der Waals surface area contributed by atoms with E-state index in [0.717, 1.165) is 0 Å². The largest absolute Gasteiger partial charge is 0.485 e. The minimum atomic E-state index is -0.559. The molecule has 1 aromatic heterocycles. The highest BCUT2D eigenvalue weighted by molar-refractivity contribution is 5.92. The van der Waals surface area contributed by atoms with E-state index in [-0.39, 0.29) is 12.4 Å². The summed E-state index contributed by atoms with van der Waals surface area (Å²) < 4.78 is 20.0. The first kappa shape index (κ1) is 14.6. The Hall–Kier alpha value is -2.76. The average molecular weight is 290 g/mol. The van der Waals surface area contributed by atoms with E-state index in [1.807, 2.05) is 0 Å². The molecule has 0 atom stereocenters. The molecule has 2 aromatic rings. The molecule has 0 saturated heterocycles. The van der Waals surface area contributed by atoms with Crippen molar-refractivity contribution in [2.75, 3.05) is 14.2 Å². The van der Waals surface area contributed by atoms with Gasteiger partial charge in [-0.3, -0.25) is 0 Å². The summed E-state index contributed by atoms with van der Waals surface area (Å²) in [7, 11) is 2.57. The zero-order valence-corrected chi connectivity index (χ0v) is 11.6. The Labute approximate surface area is 121 Å². The van der Waals surface area contributed by atoms with Gasteiger partial charge in [-0.15, -0.1) is 0 Å². The summed E-state index contributed by atoms with van der Waals surface area (Å²) >= 11 is 0. The van der Waals surface area contributed by atoms with Crippen LogP contribution >= 0.6 is 0 Å². The lowest BCUT2D eigenvalue weighted by atomic mass is 10.2. The molecule has 0 unspecified atom stereocenters. The molecule has 1 aromatic carbocycles. The van der Waals surface area contributed by atoms with Crippen molar-refractivity contribution in [2.45, 2.75) is 6.61 Å². The maximum Gasteiger partial charge on any atom is 0.373 e. The average Bonchev–Trinajstić information content (AvgIpc) is 3.00. The number of rotatable bonds is 5. The summed E-state index contributed by atoms with van der Waals surface area (Å²) in [6.07, 6.45) is 0. The zero-order chi connectivity index (χ0) is 15.2. The molecule has 1 heterocycles. The highest BCUT2D eigenvalue weighted by Crippen LogP contribution is 2.20. The molecule has 0 aliphatic carbocycles. The molecule has 0 N–H and O–H groups in total. The number of methoxy groups -OCH3 is 2. The molecule has 0 aliphatic heterocycles. The van der Waals surface area contributed by atoms with Crippen molar-refractivity contribution >= 4 is 11.9 Å². The molecule has 0 bridgehead atoms. The maximum atomic E-state index is 11.6. The van der Waals surface area contributed by atoms with Gasteiger partial charge < -0.3 is 18.6 Å². The summed E-state index contributed by atoms with van der Waals surface area (Å²) in [4.78, 5) is 22.9. The van der Waals surface area contributed by atoms with Crippen LogP contribution in [0.2, 0.25) is 0 Å². The van der Waals surface area contributed by atoms with E-state index < -0.39 is 11.9 Å². The van der Waals surface area contributed by atoms with Gasteiger partial charge in [-0.25, -0.2) is 9.59 Å². The predicted octanol–water partition coefficient (Wildman–Crippen LogP) is 2.43. The molecule has 0 radical (unpaired) electrons. The van der Waals surface area contributed by atoms with Crippen LogP contribution in [-0.4, -0.2) is 26.2 Å². The van der Waals surface area contributed by atoms with Gasteiger partial charge in [0, 0.05) is 0 Å². The van der Waals surface area contributed by atoms with Crippen LogP contribution < -0.4 is 4.74 Å². The first-order valence-electron chi connectivity index (χ1n) is 6.13. The van der Waals surface area contributed by atoms with Gasteiger partial charge >= 0.3 is 11.9 Å². The van der Waals surface area contributed by atoms with Gasteiger partial charge in [0.1, 0.15) is 23.7 Å². The molecule has 6 nitrogen and oxygen atoms in total. The van der Waals surface area contributed by atoms with E-state index in [0.29, 0.717) is 17.1 Å². The Morgan fingerprint density at radius 1 is 1.00 bits per heavy atom. The highest BCUT2D eigenvalue weighted by Gasteiger charge is 2.14. The third kappa shape index (κ3) is 3.42. The number of para-hydroxylation sites is 1. The summed E-state index contributed by atoms with van der Waals surface area (Å²) in [6.45, 7) is 0.0744. The number of furan rings is 1. The summed E-state index contributed by atoms with van der Waals surface area (Å²) in [5, 5.41) is 0. The van der Waals surface area contributed by atoms with Crippen LogP contribution in [0.25, 0.3) is 0 Å². The minimum absolute atomic E-state index is 0.0744. The van der Waals surface area contributed by atoms with Crippen molar-refractivity contribution in [3.8, 4) is 5.75 Å². The SMILES string of the molecule is COC(=O)c1ccc(COc2ccccc2C(=O)OC)o1. The third-order valence-electron chi connectivity index (χ3n) is 2.71. The van der Waals surface area contributed by atoms with Crippen molar-refractivity contribution in [3.05, 3.63) is 53.5 Å². The smallest absolute Gasteiger partial charge is 0.373 e. The Balaban J connectivity index is 2.08. The Kier molecular flexibility index (Phi) is 4.61. The number of hydrogen-bond acceptors (Lipinski definition) is 6. The lowest BCUT2D eigenvalue weighted by molar-refractivity contribution is 0.0560. The topological polar surface area (TPSA) is 75.0 Å². The molecular formula is C15H14O6. The van der Waals surface area contributed by atoms with Gasteiger partial charge in [0.2, 0.25) is 5.76 Å². The summed E-state index contributed by atoms with van der Waals surface area (Å²) in [5.41, 5.74) is 0.319. The fourth-order valence-corrected chi connectivity index (χ4v) is 1.69. The van der Waals surface area contributed by atoms with Crippen LogP contribution in [-0.2, 0) is 16.1 Å². The van der Waals surface area contributed by atoms with Crippen LogP contribution in [0.15, 0.2) is 40.8 Å². The summed E-state index contributed by atoms with van der Waals surface area (Å²) in [5.74, 6) is -0.135. The number of carbonyl (C=O) groups is 2. The van der Waals surface area contributed by atoms with Crippen LogP contribution in [0, 0.1) is 0 Å². The van der Waals surface area contributed by atoms with Crippen molar-refractivity contribution in [2.24, 2.45) is 0 Å². The maximum absolute atomic E-state index is 11.6. The number of esters is 2. The van der Waals surface area contributed by atoms with E-state index in [9.17, 15) is 9.59 Å². The van der Waals surface area contributed by atoms with Gasteiger partial charge in [0.05, 0.1) is 14.2 Å². The second kappa shape index (κ2) is 6.60. The van der Waals surface area contributed by atoms with Gasteiger partial charge in [0.15, 0.2) is 0 Å². The van der Waals surface area contributed by atoms with Crippen molar-refractivity contribution in [1.29, 1.82) is 0 Å². The van der Waals surface area contributed by atoms with E-state index in [1.165, 1.54) is 20.3 Å². The van der Waals surface area contributed by atoms with E-state index >= 15 is 0 Å². The second-order valence-electron chi connectivity index (χ2n) is 4.03. The minimum Gasteiger partial charge on any atom is -0.485 e. The zero-order valence-electron chi connectivity index (χ0n) is 11.6. The fourth-order valence-electron chi connectivity index (χ4n) is 1.69. The van der Waals surface area contributed by atoms with E-state index in [2.05, 4.69) is 9.47 Å². The van der Waals surface area contributed by atoms with Gasteiger partial charge in [-0.2, -0.15) is 0 Å². The van der Waals surface area contributed by atoms with Crippen molar-refractivity contribution in [1.82, 2.24) is 0 Å². The first-order chi connectivity index (χ1) is 10.2. The second-order valence-corrected chi connectivity index (χ2v) is 4.03. The monoisotopic (exact) mass is 290 g/mol. The number of hydrogen-bond donors (Lipinski definition) is 0. The number of carbonyl (C=O) groups excluding carboxylic acids is 2. The quantitative estimate of drug-likeness (QED) is 0.787. The lowest BCUT2D eigenvalue weighted by Gasteiger charge is -2.08. The van der Waals surface area contributed by atoms with Crippen LogP contribution in [0.3, 0.4) is 0 Å². The lowest BCUT2D eigenvalue weighted by Crippen LogP contribution is -2.05. The Bertz CT molecular complexity index is 643. The normalized spacial score (nSPS) is 10.0. The standard InChI is InChI=1S/C15H14O6/c1-18-14(16)11-5-3-4-6-12(11)20-9-10-7-8-13(21-10)15(17)19-2/h3-8H,9H2,1-2H3. The van der Waals surface area contributed by atoms with Crippen LogP contribution in [0.1, 0.15) is 26.7 Å². The summed E-state index contributed by atoms with van der Waals surface area (Å²) in [6, 6.07) is 9.80. The first-order valence-corrected chi connectivity index (χ1v) is 6.13. The molecular weight excluding hydrogens is 276 g/mol. The van der Waals surface area contributed by atoms with Gasteiger partial charge in [-0.05, 0) is 24.3 Å². The molecule has 2 rings (SSSR count). The highest BCUT2D eigenvalue weighted by atomic mass is 16.5. The Morgan fingerprint density at radius 3 is 2.43 bits per heavy atom. The number of benzene rings is 1. The molecule has 21 heavy (non-hydrogen) atoms. The molecule has 0 amide bonds. The van der Waals surface area contributed by atoms with Crippen LogP contribution in [0.4, 0.5) is 0 Å². The van der Waals surface area contributed by atoms with Crippen LogP contribution in [0.5, 0.6) is 5.75 Å². The molecule has 0 saturated carbocycles. The third-order valence-corrected chi connectivity index (χ3v) is 2.71. The molecule has 110 valence electrons. The number of ether oxygens (including phenoxy) is 3. The molecule has 0 fully saturated rings. The van der Waals surface area contributed by atoms with Gasteiger partial charge in [-0.1, -0.05) is 12.1 Å². The Morgan fingerprint density at radius 2 is 1.71 bits per heavy atom. The predicted molar refractivity (Wildman–Crippen MR) is 72.2 cm³/mol. The van der Waals surface area contributed by atoms with E-state index in [1.54, 1.807) is 30.3 Å². The van der Waals surface area contributed by atoms with E-state index in [4.69, 9.17) is 9.15 Å². The van der Waals surface area contributed by atoms with Gasteiger partial charge in [0.25, 0.3) is 0 Å².